The van der Waals surface area contributed by atoms with Crippen LogP contribution in [0.1, 0.15) is 28.9 Å². The van der Waals surface area contributed by atoms with Crippen molar-refractivity contribution >= 4 is 5.91 Å². The van der Waals surface area contributed by atoms with Crippen molar-refractivity contribution < 1.29 is 34.7 Å². The quantitative estimate of drug-likeness (QED) is 0.471. The lowest BCUT2D eigenvalue weighted by molar-refractivity contribution is -0.277. The van der Waals surface area contributed by atoms with Crippen LogP contribution in [-0.4, -0.2) is 63.6 Å². The fraction of sp³-hybridized carbons (Fsp3) is 0.381. The molecule has 6 atom stereocenters. The number of ether oxygens (including phenoxy) is 2. The molecule has 0 saturated carbocycles. The van der Waals surface area contributed by atoms with Gasteiger partial charge in [0.15, 0.2) is 0 Å². The molecule has 8 nitrogen and oxygen atoms in total. The average molecular weight is 403 g/mol. The van der Waals surface area contributed by atoms with Crippen LogP contribution < -0.4 is 10.1 Å². The molecule has 5 unspecified atom stereocenters. The van der Waals surface area contributed by atoms with E-state index in [-0.39, 0.29) is 11.9 Å². The van der Waals surface area contributed by atoms with E-state index in [9.17, 15) is 25.2 Å². The molecule has 1 saturated heterocycles. The van der Waals surface area contributed by atoms with E-state index in [4.69, 9.17) is 9.47 Å². The van der Waals surface area contributed by atoms with Crippen molar-refractivity contribution in [1.82, 2.24) is 5.32 Å². The third kappa shape index (κ3) is 4.92. The number of hydrogen-bond acceptors (Lipinski definition) is 7. The van der Waals surface area contributed by atoms with E-state index < -0.39 is 37.3 Å². The predicted molar refractivity (Wildman–Crippen MR) is 103 cm³/mol. The largest absolute Gasteiger partial charge is 0.462 e. The van der Waals surface area contributed by atoms with Crippen molar-refractivity contribution in [1.29, 1.82) is 0 Å². The molecule has 0 radical (unpaired) electrons. The second-order valence-corrected chi connectivity index (χ2v) is 6.95. The Bertz CT molecular complexity index is 796. The lowest BCUT2D eigenvalue weighted by atomic mass is 9.99. The fourth-order valence-corrected chi connectivity index (χ4v) is 3.09. The number of carbonyl (C=O) groups is 1. The first-order chi connectivity index (χ1) is 13.9. The maximum absolute atomic E-state index is 12.3. The Balaban J connectivity index is 1.61. The van der Waals surface area contributed by atoms with Gasteiger partial charge in [-0.2, -0.15) is 0 Å². The minimum Gasteiger partial charge on any atom is -0.462 e. The Kier molecular flexibility index (Phi) is 6.83. The van der Waals surface area contributed by atoms with Crippen molar-refractivity contribution in [3.05, 3.63) is 65.7 Å². The van der Waals surface area contributed by atoms with E-state index in [1.165, 1.54) is 0 Å². The van der Waals surface area contributed by atoms with Gasteiger partial charge >= 0.3 is 0 Å². The molecule has 0 bridgehead atoms. The number of aliphatic hydroxyl groups is 4. The Hall–Kier alpha value is -2.49. The highest BCUT2D eigenvalue weighted by Gasteiger charge is 2.44. The smallest absolute Gasteiger partial charge is 0.251 e. The number of amides is 1. The molecule has 1 aliphatic rings. The zero-order chi connectivity index (χ0) is 21.0. The molecular weight excluding hydrogens is 378 g/mol. The summed E-state index contributed by atoms with van der Waals surface area (Å²) in [6, 6.07) is 15.5. The molecule has 0 spiro atoms. The molecule has 5 N–H and O–H groups in total. The minimum atomic E-state index is -1.50. The topological polar surface area (TPSA) is 128 Å². The third-order valence-corrected chi connectivity index (χ3v) is 4.86. The van der Waals surface area contributed by atoms with Gasteiger partial charge in [-0.1, -0.05) is 30.3 Å². The summed E-state index contributed by atoms with van der Waals surface area (Å²) in [6.45, 7) is 1.33. The molecule has 1 fully saturated rings. The van der Waals surface area contributed by atoms with Crippen molar-refractivity contribution in [2.45, 2.75) is 43.7 Å². The average Bonchev–Trinajstić information content (AvgIpc) is 2.75. The number of benzene rings is 2. The molecule has 29 heavy (non-hydrogen) atoms. The van der Waals surface area contributed by atoms with Crippen molar-refractivity contribution in [3.63, 3.8) is 0 Å². The molecule has 156 valence electrons. The molecule has 2 aromatic rings. The molecule has 2 aromatic carbocycles. The lowest BCUT2D eigenvalue weighted by Crippen LogP contribution is -2.60. The number of nitrogens with one attached hydrogen (secondary N) is 1. The second kappa shape index (κ2) is 9.34. The van der Waals surface area contributed by atoms with Crippen LogP contribution in [0, 0.1) is 0 Å². The summed E-state index contributed by atoms with van der Waals surface area (Å²) in [4.78, 5) is 12.3. The van der Waals surface area contributed by atoms with E-state index in [0.717, 1.165) is 5.56 Å². The van der Waals surface area contributed by atoms with E-state index in [2.05, 4.69) is 5.32 Å². The van der Waals surface area contributed by atoms with Gasteiger partial charge in [-0.25, -0.2) is 0 Å². The van der Waals surface area contributed by atoms with Gasteiger partial charge in [-0.3, -0.25) is 4.79 Å². The van der Waals surface area contributed by atoms with Gasteiger partial charge in [0.25, 0.3) is 5.91 Å². The van der Waals surface area contributed by atoms with Crippen LogP contribution in [0.3, 0.4) is 0 Å². The van der Waals surface area contributed by atoms with E-state index >= 15 is 0 Å². The van der Waals surface area contributed by atoms with Gasteiger partial charge in [-0.05, 0) is 36.8 Å². The van der Waals surface area contributed by atoms with Gasteiger partial charge in [0, 0.05) is 5.56 Å². The highest BCUT2D eigenvalue weighted by Crippen LogP contribution is 2.25. The minimum absolute atomic E-state index is 0.181. The molecule has 1 amide bonds. The summed E-state index contributed by atoms with van der Waals surface area (Å²) >= 11 is 0. The fourth-order valence-electron chi connectivity index (χ4n) is 3.09. The van der Waals surface area contributed by atoms with Crippen molar-refractivity contribution in [3.8, 4) is 5.75 Å². The van der Waals surface area contributed by atoms with Crippen LogP contribution in [0.5, 0.6) is 5.75 Å². The normalized spacial score (nSPS) is 27.8. The Labute approximate surface area is 168 Å². The zero-order valence-electron chi connectivity index (χ0n) is 15.9. The summed E-state index contributed by atoms with van der Waals surface area (Å²) in [6.07, 6.45) is -6.70. The maximum Gasteiger partial charge on any atom is 0.251 e. The molecule has 1 aliphatic heterocycles. The van der Waals surface area contributed by atoms with Crippen molar-refractivity contribution in [2.75, 3.05) is 6.61 Å². The number of carbonyl (C=O) groups excluding carboxylic acids is 1. The Morgan fingerprint density at radius 2 is 1.69 bits per heavy atom. The molecular formula is C21H25NO7. The SMILES string of the molecule is C[C@H](NC(=O)c1ccccc1)c1ccc(OC2OC(CO)C(O)C(O)C2O)cc1. The van der Waals surface area contributed by atoms with Crippen molar-refractivity contribution in [2.24, 2.45) is 0 Å². The zero-order valence-corrected chi connectivity index (χ0v) is 15.9. The monoisotopic (exact) mass is 403 g/mol. The van der Waals surface area contributed by atoms with E-state index in [0.29, 0.717) is 11.3 Å². The van der Waals surface area contributed by atoms with Crippen LogP contribution in [0.25, 0.3) is 0 Å². The molecule has 3 rings (SSSR count). The van der Waals surface area contributed by atoms with Crippen LogP contribution in [0.4, 0.5) is 0 Å². The summed E-state index contributed by atoms with van der Waals surface area (Å²) in [5.74, 6) is 0.180. The highest BCUT2D eigenvalue weighted by molar-refractivity contribution is 5.94. The number of aliphatic hydroxyl groups excluding tert-OH is 4. The first kappa shape index (κ1) is 21.2. The van der Waals surface area contributed by atoms with Gasteiger partial charge in [0.1, 0.15) is 30.2 Å². The molecule has 0 aromatic heterocycles. The summed E-state index contributed by atoms with van der Waals surface area (Å²) in [7, 11) is 0. The van der Waals surface area contributed by atoms with E-state index in [1.54, 1.807) is 48.5 Å². The van der Waals surface area contributed by atoms with E-state index in [1.807, 2.05) is 13.0 Å². The van der Waals surface area contributed by atoms with Gasteiger partial charge in [0.05, 0.1) is 12.6 Å². The van der Waals surface area contributed by atoms with Gasteiger partial charge < -0.3 is 35.2 Å². The van der Waals surface area contributed by atoms with Gasteiger partial charge in [0.2, 0.25) is 6.29 Å². The molecule has 8 heteroatoms. The summed E-state index contributed by atoms with van der Waals surface area (Å²) < 4.78 is 10.9. The number of hydrogen-bond donors (Lipinski definition) is 5. The first-order valence-electron chi connectivity index (χ1n) is 9.33. The van der Waals surface area contributed by atoms with Crippen LogP contribution in [0.15, 0.2) is 54.6 Å². The first-order valence-corrected chi connectivity index (χ1v) is 9.33. The summed E-state index contributed by atoms with van der Waals surface area (Å²) in [5, 5.41) is 41.8. The van der Waals surface area contributed by atoms with Crippen LogP contribution >= 0.6 is 0 Å². The predicted octanol–water partition coefficient (Wildman–Crippen LogP) is 0.356. The highest BCUT2D eigenvalue weighted by atomic mass is 16.7. The van der Waals surface area contributed by atoms with Crippen LogP contribution in [-0.2, 0) is 4.74 Å². The second-order valence-electron chi connectivity index (χ2n) is 6.95. The Morgan fingerprint density at radius 1 is 1.03 bits per heavy atom. The Morgan fingerprint density at radius 3 is 2.31 bits per heavy atom. The lowest BCUT2D eigenvalue weighted by Gasteiger charge is -2.39. The molecule has 1 heterocycles. The van der Waals surface area contributed by atoms with Gasteiger partial charge in [-0.15, -0.1) is 0 Å². The maximum atomic E-state index is 12.3. The summed E-state index contributed by atoms with van der Waals surface area (Å²) in [5.41, 5.74) is 1.41. The standard InChI is InChI=1S/C21H25NO7/c1-12(22-20(27)14-5-3-2-4-6-14)13-7-9-15(10-8-13)28-21-19(26)18(25)17(24)16(11-23)29-21/h2-10,12,16-19,21,23-26H,11H2,1H3,(H,22,27)/t12-,16?,17?,18?,19?,21?/m0/s1. The van der Waals surface area contributed by atoms with Crippen LogP contribution in [0.2, 0.25) is 0 Å². The number of rotatable bonds is 6. The molecule has 0 aliphatic carbocycles. The third-order valence-electron chi connectivity index (χ3n) is 4.86.